The van der Waals surface area contributed by atoms with Crippen molar-refractivity contribution in [2.75, 3.05) is 19.5 Å². The van der Waals surface area contributed by atoms with Gasteiger partial charge in [0, 0.05) is 18.2 Å². The molecule has 0 atom stereocenters. The molecule has 7 heteroatoms. The Balaban J connectivity index is 2.10. The lowest BCUT2D eigenvalue weighted by atomic mass is 9.90. The van der Waals surface area contributed by atoms with Crippen LogP contribution < -0.4 is 20.1 Å². The largest absolute Gasteiger partial charge is 0.497 e. The minimum absolute atomic E-state index is 0.00923. The molecule has 2 amide bonds. The lowest BCUT2D eigenvalue weighted by Gasteiger charge is -2.23. The summed E-state index contributed by atoms with van der Waals surface area (Å²) in [5.41, 5.74) is -0.660. The van der Waals surface area contributed by atoms with Crippen LogP contribution in [0.2, 0.25) is 0 Å². The molecule has 0 aliphatic carbocycles. The lowest BCUT2D eigenvalue weighted by Crippen LogP contribution is -2.45. The third-order valence-electron chi connectivity index (χ3n) is 4.19. The molecule has 0 fully saturated rings. The summed E-state index contributed by atoms with van der Waals surface area (Å²) in [5.74, 6) is -0.494. The van der Waals surface area contributed by atoms with Crippen molar-refractivity contribution in [3.05, 3.63) is 53.8 Å². The first-order chi connectivity index (χ1) is 12.8. The standard InChI is InChI=1S/C20H23FN2O4/c1-20(2,18(24)22-12-13-7-5-6-8-15(13)21)19(25)23-16-11-14(26-3)9-10-17(16)27-4/h5-11H,12H2,1-4H3,(H,22,24)(H,23,25). The number of ether oxygens (including phenoxy) is 2. The van der Waals surface area contributed by atoms with E-state index < -0.39 is 23.0 Å². The van der Waals surface area contributed by atoms with Crippen LogP contribution in [0.4, 0.5) is 10.1 Å². The SMILES string of the molecule is COc1ccc(OC)c(NC(=O)C(C)(C)C(=O)NCc2ccccc2F)c1. The smallest absolute Gasteiger partial charge is 0.239 e. The molecule has 0 spiro atoms. The van der Waals surface area contributed by atoms with E-state index in [2.05, 4.69) is 10.6 Å². The van der Waals surface area contributed by atoms with Gasteiger partial charge in [0.25, 0.3) is 0 Å². The van der Waals surface area contributed by atoms with Crippen molar-refractivity contribution in [2.45, 2.75) is 20.4 Å². The zero-order valence-electron chi connectivity index (χ0n) is 15.8. The van der Waals surface area contributed by atoms with Crippen LogP contribution in [0.3, 0.4) is 0 Å². The van der Waals surface area contributed by atoms with Crippen molar-refractivity contribution in [3.8, 4) is 11.5 Å². The van der Waals surface area contributed by atoms with Gasteiger partial charge >= 0.3 is 0 Å². The highest BCUT2D eigenvalue weighted by Crippen LogP contribution is 2.30. The molecule has 2 rings (SSSR count). The molecule has 2 aromatic rings. The molecule has 0 aliphatic heterocycles. The number of methoxy groups -OCH3 is 2. The number of anilines is 1. The van der Waals surface area contributed by atoms with Gasteiger partial charge in [-0.15, -0.1) is 0 Å². The Hall–Kier alpha value is -3.09. The zero-order valence-corrected chi connectivity index (χ0v) is 15.8. The second-order valence-corrected chi connectivity index (χ2v) is 6.42. The molecule has 0 saturated carbocycles. The Morgan fingerprint density at radius 2 is 1.74 bits per heavy atom. The molecular weight excluding hydrogens is 351 g/mol. The molecule has 0 heterocycles. The van der Waals surface area contributed by atoms with E-state index in [1.807, 2.05) is 0 Å². The number of carbonyl (C=O) groups is 2. The molecule has 6 nitrogen and oxygen atoms in total. The van der Waals surface area contributed by atoms with E-state index in [1.165, 1.54) is 34.1 Å². The van der Waals surface area contributed by atoms with Gasteiger partial charge < -0.3 is 20.1 Å². The molecule has 0 aromatic heterocycles. The van der Waals surface area contributed by atoms with Gasteiger partial charge in [0.2, 0.25) is 11.8 Å². The normalized spacial score (nSPS) is 10.9. The number of halogens is 1. The summed E-state index contributed by atoms with van der Waals surface area (Å²) in [7, 11) is 2.98. The summed E-state index contributed by atoms with van der Waals surface area (Å²) in [4.78, 5) is 25.2. The second-order valence-electron chi connectivity index (χ2n) is 6.42. The fourth-order valence-electron chi connectivity index (χ4n) is 2.33. The Kier molecular flexibility index (Phi) is 6.39. The van der Waals surface area contributed by atoms with Gasteiger partial charge in [0.1, 0.15) is 22.7 Å². The Morgan fingerprint density at radius 3 is 2.37 bits per heavy atom. The summed E-state index contributed by atoms with van der Waals surface area (Å²) >= 11 is 0. The van der Waals surface area contributed by atoms with Gasteiger partial charge in [0.05, 0.1) is 19.9 Å². The first kappa shape index (κ1) is 20.2. The summed E-state index contributed by atoms with van der Waals surface area (Å²) in [6, 6.07) is 11.1. The number of carbonyl (C=O) groups excluding carboxylic acids is 2. The number of rotatable bonds is 7. The van der Waals surface area contributed by atoms with Gasteiger partial charge in [-0.1, -0.05) is 18.2 Å². The maximum atomic E-state index is 13.7. The van der Waals surface area contributed by atoms with E-state index >= 15 is 0 Å². The van der Waals surface area contributed by atoms with Gasteiger partial charge in [-0.05, 0) is 32.0 Å². The topological polar surface area (TPSA) is 76.7 Å². The Bertz CT molecular complexity index is 836. The highest BCUT2D eigenvalue weighted by molar-refractivity contribution is 6.10. The molecule has 2 N–H and O–H groups in total. The first-order valence-corrected chi connectivity index (χ1v) is 8.34. The summed E-state index contributed by atoms with van der Waals surface area (Å²) in [6.45, 7) is 2.97. The van der Waals surface area contributed by atoms with Gasteiger partial charge in [-0.3, -0.25) is 9.59 Å². The predicted molar refractivity (Wildman–Crippen MR) is 100 cm³/mol. The molecular formula is C20H23FN2O4. The average molecular weight is 374 g/mol. The number of amides is 2. The second kappa shape index (κ2) is 8.53. The van der Waals surface area contributed by atoms with Crippen LogP contribution in [-0.4, -0.2) is 26.0 Å². The molecule has 0 aliphatic rings. The molecule has 144 valence electrons. The monoisotopic (exact) mass is 374 g/mol. The molecule has 0 radical (unpaired) electrons. The molecule has 27 heavy (non-hydrogen) atoms. The van der Waals surface area contributed by atoms with Gasteiger partial charge in [0.15, 0.2) is 0 Å². The van der Waals surface area contributed by atoms with E-state index in [9.17, 15) is 14.0 Å². The van der Waals surface area contributed by atoms with E-state index in [0.717, 1.165) is 0 Å². The summed E-state index contributed by atoms with van der Waals surface area (Å²) < 4.78 is 24.1. The lowest BCUT2D eigenvalue weighted by molar-refractivity contribution is -0.138. The van der Waals surface area contributed by atoms with Crippen LogP contribution in [0, 0.1) is 11.2 Å². The molecule has 0 saturated heterocycles. The van der Waals surface area contributed by atoms with E-state index in [-0.39, 0.29) is 6.54 Å². The quantitative estimate of drug-likeness (QED) is 0.730. The van der Waals surface area contributed by atoms with Crippen LogP contribution in [0.25, 0.3) is 0 Å². The van der Waals surface area contributed by atoms with Crippen LogP contribution in [0.1, 0.15) is 19.4 Å². The Morgan fingerprint density at radius 1 is 1.04 bits per heavy atom. The van der Waals surface area contributed by atoms with Crippen LogP contribution >= 0.6 is 0 Å². The highest BCUT2D eigenvalue weighted by atomic mass is 19.1. The van der Waals surface area contributed by atoms with Crippen molar-refractivity contribution in [1.29, 1.82) is 0 Å². The van der Waals surface area contributed by atoms with Crippen LogP contribution in [-0.2, 0) is 16.1 Å². The van der Waals surface area contributed by atoms with Crippen molar-refractivity contribution >= 4 is 17.5 Å². The average Bonchev–Trinajstić information content (AvgIpc) is 2.66. The minimum Gasteiger partial charge on any atom is -0.497 e. The highest BCUT2D eigenvalue weighted by Gasteiger charge is 2.36. The molecule has 2 aromatic carbocycles. The van der Waals surface area contributed by atoms with E-state index in [1.54, 1.807) is 36.4 Å². The first-order valence-electron chi connectivity index (χ1n) is 8.34. The fourth-order valence-corrected chi connectivity index (χ4v) is 2.33. The third-order valence-corrected chi connectivity index (χ3v) is 4.19. The zero-order chi connectivity index (χ0) is 20.0. The molecule has 0 unspecified atom stereocenters. The van der Waals surface area contributed by atoms with E-state index in [0.29, 0.717) is 22.7 Å². The van der Waals surface area contributed by atoms with Crippen molar-refractivity contribution in [2.24, 2.45) is 5.41 Å². The predicted octanol–water partition coefficient (Wildman–Crippen LogP) is 3.12. The maximum absolute atomic E-state index is 13.7. The third kappa shape index (κ3) is 4.75. The van der Waals surface area contributed by atoms with Crippen molar-refractivity contribution in [3.63, 3.8) is 0 Å². The Labute approximate surface area is 157 Å². The molecule has 0 bridgehead atoms. The van der Waals surface area contributed by atoms with Crippen molar-refractivity contribution in [1.82, 2.24) is 5.32 Å². The van der Waals surface area contributed by atoms with Crippen molar-refractivity contribution < 1.29 is 23.5 Å². The number of nitrogens with one attached hydrogen (secondary N) is 2. The number of benzene rings is 2. The van der Waals surface area contributed by atoms with Crippen LogP contribution in [0.5, 0.6) is 11.5 Å². The number of hydrogen-bond donors (Lipinski definition) is 2. The minimum atomic E-state index is -1.39. The van der Waals surface area contributed by atoms with E-state index in [4.69, 9.17) is 9.47 Å². The summed E-state index contributed by atoms with van der Waals surface area (Å²) in [5, 5.41) is 5.29. The van der Waals surface area contributed by atoms with Gasteiger partial charge in [-0.25, -0.2) is 4.39 Å². The van der Waals surface area contributed by atoms with Crippen LogP contribution in [0.15, 0.2) is 42.5 Å². The number of hydrogen-bond acceptors (Lipinski definition) is 4. The maximum Gasteiger partial charge on any atom is 0.239 e. The van der Waals surface area contributed by atoms with Gasteiger partial charge in [-0.2, -0.15) is 0 Å². The fraction of sp³-hybridized carbons (Fsp3) is 0.300. The summed E-state index contributed by atoms with van der Waals surface area (Å²) in [6.07, 6.45) is 0.